The Labute approximate surface area is 273 Å². The van der Waals surface area contributed by atoms with E-state index in [9.17, 15) is 9.18 Å². The summed E-state index contributed by atoms with van der Waals surface area (Å²) < 4.78 is 31.7. The van der Waals surface area contributed by atoms with Crippen LogP contribution in [-0.4, -0.2) is 55.4 Å². The number of ether oxygens (including phenoxy) is 3. The Balaban J connectivity index is 1.52. The van der Waals surface area contributed by atoms with Crippen molar-refractivity contribution in [2.45, 2.75) is 92.0 Å². The Kier molecular flexibility index (Phi) is 10.4. The third-order valence-corrected chi connectivity index (χ3v) is 9.07. The summed E-state index contributed by atoms with van der Waals surface area (Å²) in [7, 11) is 0. The third kappa shape index (κ3) is 8.07. The van der Waals surface area contributed by atoms with Gasteiger partial charge >= 0.3 is 5.97 Å². The summed E-state index contributed by atoms with van der Waals surface area (Å²) in [4.78, 5) is 21.3. The summed E-state index contributed by atoms with van der Waals surface area (Å²) in [5.74, 6) is 0.120. The molecule has 1 N–H and O–H groups in total. The highest BCUT2D eigenvalue weighted by Gasteiger charge is 2.41. The molecule has 2 aromatic carbocycles. The van der Waals surface area contributed by atoms with Crippen LogP contribution in [0.4, 0.5) is 10.1 Å². The van der Waals surface area contributed by atoms with Crippen LogP contribution in [-0.2, 0) is 20.7 Å². The van der Waals surface area contributed by atoms with Crippen molar-refractivity contribution in [2.24, 2.45) is 5.41 Å². The Hall–Kier alpha value is -3.49. The van der Waals surface area contributed by atoms with Gasteiger partial charge in [0.15, 0.2) is 6.10 Å². The highest BCUT2D eigenvalue weighted by molar-refractivity contribution is 5.88. The lowest BCUT2D eigenvalue weighted by atomic mass is 9.77. The number of carbonyl (C=O) groups excluding carboxylic acids is 1. The van der Waals surface area contributed by atoms with E-state index in [2.05, 4.69) is 22.3 Å². The summed E-state index contributed by atoms with van der Waals surface area (Å²) in [6, 6.07) is 14.6. The first-order chi connectivity index (χ1) is 21.8. The fraction of sp³-hybridized carbons (Fsp3) is 0.526. The van der Waals surface area contributed by atoms with Crippen molar-refractivity contribution in [3.63, 3.8) is 0 Å². The van der Waals surface area contributed by atoms with Crippen LogP contribution in [0.25, 0.3) is 11.1 Å². The molecule has 2 aliphatic heterocycles. The number of nitrogens with zero attached hydrogens (tertiary/aromatic N) is 2. The number of rotatable bonds is 10. The van der Waals surface area contributed by atoms with E-state index in [0.29, 0.717) is 18.4 Å². The monoisotopic (exact) mass is 631 g/mol. The topological polar surface area (TPSA) is 72.9 Å². The zero-order chi connectivity index (χ0) is 33.1. The molecule has 1 aromatic heterocycles. The second kappa shape index (κ2) is 14.1. The molecule has 0 aliphatic carbocycles. The van der Waals surface area contributed by atoms with Gasteiger partial charge in [-0.25, -0.2) is 9.18 Å². The first-order valence-electron chi connectivity index (χ1n) is 16.7. The number of piperidine rings is 1. The van der Waals surface area contributed by atoms with Crippen molar-refractivity contribution < 1.29 is 23.4 Å². The van der Waals surface area contributed by atoms with Crippen LogP contribution in [0.2, 0.25) is 0 Å². The van der Waals surface area contributed by atoms with Crippen molar-refractivity contribution in [2.75, 3.05) is 37.7 Å². The van der Waals surface area contributed by atoms with Crippen molar-refractivity contribution in [1.82, 2.24) is 10.3 Å². The van der Waals surface area contributed by atoms with E-state index in [1.165, 1.54) is 18.6 Å². The van der Waals surface area contributed by atoms with Gasteiger partial charge in [0.2, 0.25) is 0 Å². The summed E-state index contributed by atoms with van der Waals surface area (Å²) >= 11 is 0. The fourth-order valence-corrected chi connectivity index (χ4v) is 6.79. The van der Waals surface area contributed by atoms with Crippen molar-refractivity contribution in [1.29, 1.82) is 0 Å². The van der Waals surface area contributed by atoms with Gasteiger partial charge in [-0.2, -0.15) is 0 Å². The molecule has 248 valence electrons. The van der Waals surface area contributed by atoms with E-state index < -0.39 is 17.7 Å². The Bertz CT molecular complexity index is 1480. The maximum absolute atomic E-state index is 13.8. The third-order valence-electron chi connectivity index (χ3n) is 9.07. The summed E-state index contributed by atoms with van der Waals surface area (Å²) in [6.45, 7) is 18.0. The Morgan fingerprint density at radius 3 is 2.26 bits per heavy atom. The van der Waals surface area contributed by atoms with Gasteiger partial charge in [-0.3, -0.25) is 4.98 Å². The van der Waals surface area contributed by atoms with Crippen molar-refractivity contribution in [3.05, 3.63) is 76.9 Å². The summed E-state index contributed by atoms with van der Waals surface area (Å²) in [5, 5.41) is 3.58. The lowest BCUT2D eigenvalue weighted by Crippen LogP contribution is -2.42. The number of halogens is 1. The van der Waals surface area contributed by atoms with Crippen LogP contribution >= 0.6 is 0 Å². The molecule has 5 rings (SSSR count). The molecule has 0 amide bonds. The van der Waals surface area contributed by atoms with E-state index in [1.807, 2.05) is 60.6 Å². The Morgan fingerprint density at radius 2 is 1.67 bits per heavy atom. The Morgan fingerprint density at radius 1 is 1.00 bits per heavy atom. The predicted molar refractivity (Wildman–Crippen MR) is 181 cm³/mol. The predicted octanol–water partition coefficient (Wildman–Crippen LogP) is 7.51. The second-order valence-electron chi connectivity index (χ2n) is 14.2. The summed E-state index contributed by atoms with van der Waals surface area (Å²) in [6.07, 6.45) is 2.85. The average Bonchev–Trinajstić information content (AvgIpc) is 3.45. The molecule has 0 bridgehead atoms. The molecule has 0 unspecified atom stereocenters. The molecule has 46 heavy (non-hydrogen) atoms. The van der Waals surface area contributed by atoms with E-state index in [4.69, 9.17) is 19.2 Å². The van der Waals surface area contributed by atoms with E-state index >= 15 is 0 Å². The first kappa shape index (κ1) is 33.9. The molecule has 2 aliphatic rings. The van der Waals surface area contributed by atoms with Gasteiger partial charge in [0.05, 0.1) is 24.0 Å². The number of nitrogens with one attached hydrogen (secondary N) is 1. The van der Waals surface area contributed by atoms with Gasteiger partial charge in [0, 0.05) is 48.6 Å². The fourth-order valence-electron chi connectivity index (χ4n) is 6.79. The van der Waals surface area contributed by atoms with Crippen LogP contribution in [0.3, 0.4) is 0 Å². The number of esters is 1. The van der Waals surface area contributed by atoms with E-state index in [0.717, 1.165) is 84.1 Å². The smallest absolute Gasteiger partial charge is 0.340 e. The quantitative estimate of drug-likeness (QED) is 0.232. The minimum Gasteiger partial charge on any atom is -0.493 e. The number of aromatic nitrogens is 1. The minimum absolute atomic E-state index is 0.239. The van der Waals surface area contributed by atoms with Gasteiger partial charge < -0.3 is 24.4 Å². The normalized spacial score (nSPS) is 17.0. The lowest BCUT2D eigenvalue weighted by molar-refractivity contribution is -0.171. The highest BCUT2D eigenvalue weighted by Crippen LogP contribution is 2.46. The largest absolute Gasteiger partial charge is 0.493 e. The van der Waals surface area contributed by atoms with Crippen LogP contribution in [0, 0.1) is 25.1 Å². The lowest BCUT2D eigenvalue weighted by Gasteiger charge is -2.42. The van der Waals surface area contributed by atoms with Crippen LogP contribution in [0.15, 0.2) is 48.5 Å². The number of anilines is 1. The van der Waals surface area contributed by atoms with Crippen LogP contribution in [0.1, 0.15) is 82.5 Å². The minimum atomic E-state index is -0.928. The number of aryl methyl sites for hydroxylation is 2. The molecule has 0 saturated carbocycles. The number of hydrogen-bond donors (Lipinski definition) is 1. The molecule has 1 spiro atoms. The van der Waals surface area contributed by atoms with Crippen molar-refractivity contribution >= 4 is 11.7 Å². The van der Waals surface area contributed by atoms with Gasteiger partial charge in [-0.1, -0.05) is 24.3 Å². The van der Waals surface area contributed by atoms with E-state index in [-0.39, 0.29) is 11.9 Å². The first-order valence-corrected chi connectivity index (χ1v) is 16.7. The standard InChI is InChI=1S/C38H50FN3O4/c1-25(2)45-36(43)35(46-37(5,6)7)33-27(4)41-26(3)32(34(33)42-21-18-38(19-22-42)17-20-40-24-38)29-10-14-31(15-11-29)44-23-16-28-8-12-30(39)13-9-28/h8-15,25,35,40H,16-24H2,1-7H3/t35-/m0/s1. The van der Waals surface area contributed by atoms with Crippen molar-refractivity contribution in [3.8, 4) is 16.9 Å². The maximum Gasteiger partial charge on any atom is 0.340 e. The van der Waals surface area contributed by atoms with Gasteiger partial charge in [-0.05, 0) is 115 Å². The molecule has 0 radical (unpaired) electrons. The van der Waals surface area contributed by atoms with E-state index in [1.54, 1.807) is 12.1 Å². The highest BCUT2D eigenvalue weighted by atomic mass is 19.1. The molecular formula is C38H50FN3O4. The average molecular weight is 632 g/mol. The van der Waals surface area contributed by atoms with Crippen LogP contribution < -0.4 is 15.0 Å². The van der Waals surface area contributed by atoms with Crippen LogP contribution in [0.5, 0.6) is 5.75 Å². The number of benzene rings is 2. The molecule has 1 atom stereocenters. The SMILES string of the molecule is Cc1nc(C)c([C@H](OC(C)(C)C)C(=O)OC(C)C)c(N2CCC3(CCNC3)CC2)c1-c1ccc(OCCc2ccc(F)cc2)cc1. The maximum atomic E-state index is 13.8. The summed E-state index contributed by atoms with van der Waals surface area (Å²) in [5.41, 5.74) is 6.22. The zero-order valence-electron chi connectivity index (χ0n) is 28.5. The molecule has 2 fully saturated rings. The van der Waals surface area contributed by atoms with Gasteiger partial charge in [0.1, 0.15) is 11.6 Å². The van der Waals surface area contributed by atoms with Gasteiger partial charge in [0.25, 0.3) is 0 Å². The number of pyridine rings is 1. The zero-order valence-corrected chi connectivity index (χ0v) is 28.5. The molecule has 8 heteroatoms. The molecule has 3 heterocycles. The second-order valence-corrected chi connectivity index (χ2v) is 14.2. The number of carbonyl (C=O) groups is 1. The molecular weight excluding hydrogens is 581 g/mol. The number of hydrogen-bond acceptors (Lipinski definition) is 7. The molecule has 2 saturated heterocycles. The van der Waals surface area contributed by atoms with Gasteiger partial charge in [-0.15, -0.1) is 0 Å². The molecule has 3 aromatic rings. The molecule has 7 nitrogen and oxygen atoms in total.